The molecule has 0 saturated heterocycles. The molecule has 0 heterocycles. The van der Waals surface area contributed by atoms with Crippen molar-refractivity contribution in [3.8, 4) is 0 Å². The molecule has 66 valence electrons. The molecule has 0 aliphatic heterocycles. The van der Waals surface area contributed by atoms with Crippen molar-refractivity contribution in [2.45, 2.75) is 39.0 Å². The molecule has 3 heteroatoms. The lowest BCUT2D eigenvalue weighted by Crippen LogP contribution is -2.37. The molecule has 1 amide bonds. The molecular weight excluding hydrogens is 162 g/mol. The molecule has 0 aliphatic rings. The van der Waals surface area contributed by atoms with E-state index >= 15 is 0 Å². The highest BCUT2D eigenvalue weighted by Crippen LogP contribution is 2.33. The lowest BCUT2D eigenvalue weighted by Gasteiger charge is -2.29. The van der Waals surface area contributed by atoms with Crippen LogP contribution in [0.5, 0.6) is 0 Å². The highest BCUT2D eigenvalue weighted by molar-refractivity contribution is 6.31. The number of carbonyl (C=O) groups is 1. The smallest absolute Gasteiger partial charge is 0.236 e. The van der Waals surface area contributed by atoms with Gasteiger partial charge < -0.3 is 5.73 Å². The maximum absolute atomic E-state index is 10.8. The molecule has 0 aromatic rings. The maximum atomic E-state index is 10.8. The SMILES string of the molecule is CCC(C)(CC)C(Cl)C(N)=O. The van der Waals surface area contributed by atoms with Crippen LogP contribution in [0.3, 0.4) is 0 Å². The Bertz CT molecular complexity index is 143. The van der Waals surface area contributed by atoms with Crippen LogP contribution in [0.4, 0.5) is 0 Å². The zero-order chi connectivity index (χ0) is 9.07. The van der Waals surface area contributed by atoms with E-state index in [1.54, 1.807) is 0 Å². The Morgan fingerprint density at radius 2 is 1.91 bits per heavy atom. The van der Waals surface area contributed by atoms with E-state index in [-0.39, 0.29) is 5.41 Å². The van der Waals surface area contributed by atoms with E-state index in [4.69, 9.17) is 17.3 Å². The minimum atomic E-state index is -0.544. The van der Waals surface area contributed by atoms with Gasteiger partial charge in [0.1, 0.15) is 5.38 Å². The first kappa shape index (κ1) is 10.8. The summed E-state index contributed by atoms with van der Waals surface area (Å²) in [5.74, 6) is -0.419. The van der Waals surface area contributed by atoms with Gasteiger partial charge in [-0.3, -0.25) is 4.79 Å². The van der Waals surface area contributed by atoms with E-state index < -0.39 is 11.3 Å². The molecule has 0 bridgehead atoms. The van der Waals surface area contributed by atoms with Gasteiger partial charge >= 0.3 is 0 Å². The fourth-order valence-electron chi connectivity index (χ4n) is 0.952. The largest absolute Gasteiger partial charge is 0.368 e. The third-order valence-corrected chi connectivity index (χ3v) is 3.22. The van der Waals surface area contributed by atoms with E-state index in [9.17, 15) is 4.79 Å². The Hall–Kier alpha value is -0.240. The van der Waals surface area contributed by atoms with E-state index in [1.807, 2.05) is 20.8 Å². The van der Waals surface area contributed by atoms with Crippen LogP contribution in [0.1, 0.15) is 33.6 Å². The van der Waals surface area contributed by atoms with Crippen LogP contribution in [-0.4, -0.2) is 11.3 Å². The van der Waals surface area contributed by atoms with Crippen LogP contribution >= 0.6 is 11.6 Å². The number of rotatable bonds is 4. The van der Waals surface area contributed by atoms with Crippen molar-refractivity contribution in [1.29, 1.82) is 0 Å². The molecule has 11 heavy (non-hydrogen) atoms. The van der Waals surface area contributed by atoms with Crippen LogP contribution in [0, 0.1) is 5.41 Å². The van der Waals surface area contributed by atoms with Crippen molar-refractivity contribution in [2.24, 2.45) is 11.1 Å². The lowest BCUT2D eigenvalue weighted by atomic mass is 9.81. The topological polar surface area (TPSA) is 43.1 Å². The van der Waals surface area contributed by atoms with Crippen LogP contribution < -0.4 is 5.73 Å². The molecule has 0 rings (SSSR count). The zero-order valence-corrected chi connectivity index (χ0v) is 8.11. The standard InChI is InChI=1S/C8H16ClNO/c1-4-8(3,5-2)6(9)7(10)11/h6H,4-5H2,1-3H3,(H2,10,11). The number of amides is 1. The fraction of sp³-hybridized carbons (Fsp3) is 0.875. The summed E-state index contributed by atoms with van der Waals surface area (Å²) in [7, 11) is 0. The van der Waals surface area contributed by atoms with Gasteiger partial charge in [-0.2, -0.15) is 0 Å². The highest BCUT2D eigenvalue weighted by Gasteiger charge is 2.33. The predicted octanol–water partition coefficient (Wildman–Crippen LogP) is 1.91. The summed E-state index contributed by atoms with van der Waals surface area (Å²) in [6, 6.07) is 0. The number of carbonyl (C=O) groups excluding carboxylic acids is 1. The average Bonchev–Trinajstić information content (AvgIpc) is 2.01. The van der Waals surface area contributed by atoms with Gasteiger partial charge in [0.2, 0.25) is 5.91 Å². The van der Waals surface area contributed by atoms with Crippen molar-refractivity contribution >= 4 is 17.5 Å². The predicted molar refractivity (Wildman–Crippen MR) is 47.5 cm³/mol. The van der Waals surface area contributed by atoms with Gasteiger partial charge in [0, 0.05) is 0 Å². The van der Waals surface area contributed by atoms with Crippen LogP contribution in [0.2, 0.25) is 0 Å². The van der Waals surface area contributed by atoms with Gasteiger partial charge in [-0.05, 0) is 18.3 Å². The van der Waals surface area contributed by atoms with E-state index in [2.05, 4.69) is 0 Å². The van der Waals surface area contributed by atoms with Gasteiger partial charge in [-0.15, -0.1) is 11.6 Å². The van der Waals surface area contributed by atoms with E-state index in [0.29, 0.717) is 0 Å². The summed E-state index contributed by atoms with van der Waals surface area (Å²) >= 11 is 5.85. The highest BCUT2D eigenvalue weighted by atomic mass is 35.5. The number of primary amides is 1. The Kier molecular flexibility index (Phi) is 3.87. The molecule has 0 radical (unpaired) electrons. The molecule has 0 aliphatic carbocycles. The Balaban J connectivity index is 4.36. The molecule has 0 aromatic heterocycles. The number of halogens is 1. The van der Waals surface area contributed by atoms with Gasteiger partial charge in [0.15, 0.2) is 0 Å². The van der Waals surface area contributed by atoms with Crippen LogP contribution in [-0.2, 0) is 4.79 Å². The van der Waals surface area contributed by atoms with Crippen LogP contribution in [0.25, 0.3) is 0 Å². The number of hydrogen-bond donors (Lipinski definition) is 1. The second-order valence-electron chi connectivity index (χ2n) is 3.13. The van der Waals surface area contributed by atoms with E-state index in [0.717, 1.165) is 12.8 Å². The minimum Gasteiger partial charge on any atom is -0.368 e. The first-order valence-corrected chi connectivity index (χ1v) is 4.35. The first-order valence-electron chi connectivity index (χ1n) is 3.91. The van der Waals surface area contributed by atoms with Gasteiger partial charge in [0.25, 0.3) is 0 Å². The molecule has 0 spiro atoms. The molecular formula is C8H16ClNO. The molecule has 1 unspecified atom stereocenters. The number of alkyl halides is 1. The quantitative estimate of drug-likeness (QED) is 0.655. The monoisotopic (exact) mass is 177 g/mol. The van der Waals surface area contributed by atoms with Crippen molar-refractivity contribution < 1.29 is 4.79 Å². The second kappa shape index (κ2) is 3.96. The zero-order valence-electron chi connectivity index (χ0n) is 7.36. The van der Waals surface area contributed by atoms with Crippen LogP contribution in [0.15, 0.2) is 0 Å². The van der Waals surface area contributed by atoms with Gasteiger partial charge in [-0.25, -0.2) is 0 Å². The summed E-state index contributed by atoms with van der Waals surface area (Å²) in [4.78, 5) is 10.8. The summed E-state index contributed by atoms with van der Waals surface area (Å²) in [5, 5.41) is -0.544. The molecule has 1 atom stereocenters. The Morgan fingerprint density at radius 1 is 1.55 bits per heavy atom. The second-order valence-corrected chi connectivity index (χ2v) is 3.56. The summed E-state index contributed by atoms with van der Waals surface area (Å²) in [6.07, 6.45) is 1.75. The number of nitrogens with two attached hydrogens (primary N) is 1. The van der Waals surface area contributed by atoms with Crippen molar-refractivity contribution in [3.05, 3.63) is 0 Å². The van der Waals surface area contributed by atoms with Crippen molar-refractivity contribution in [1.82, 2.24) is 0 Å². The van der Waals surface area contributed by atoms with Crippen molar-refractivity contribution in [2.75, 3.05) is 0 Å². The van der Waals surface area contributed by atoms with E-state index in [1.165, 1.54) is 0 Å². The fourth-order valence-corrected chi connectivity index (χ4v) is 1.26. The molecule has 0 saturated carbocycles. The summed E-state index contributed by atoms with van der Waals surface area (Å²) < 4.78 is 0. The van der Waals surface area contributed by atoms with Crippen molar-refractivity contribution in [3.63, 3.8) is 0 Å². The van der Waals surface area contributed by atoms with Gasteiger partial charge in [0.05, 0.1) is 0 Å². The minimum absolute atomic E-state index is 0.145. The third-order valence-electron chi connectivity index (χ3n) is 2.48. The lowest BCUT2D eigenvalue weighted by molar-refractivity contribution is -0.119. The normalized spacial score (nSPS) is 14.5. The van der Waals surface area contributed by atoms with Gasteiger partial charge in [-0.1, -0.05) is 20.8 Å². The average molecular weight is 178 g/mol. The third kappa shape index (κ3) is 2.37. The molecule has 2 N–H and O–H groups in total. The molecule has 0 fully saturated rings. The molecule has 2 nitrogen and oxygen atoms in total. The maximum Gasteiger partial charge on any atom is 0.236 e. The first-order chi connectivity index (χ1) is 4.98. The Morgan fingerprint density at radius 3 is 2.00 bits per heavy atom. The summed E-state index contributed by atoms with van der Waals surface area (Å²) in [5.41, 5.74) is 4.96. The Labute approximate surface area is 73.1 Å². The summed E-state index contributed by atoms with van der Waals surface area (Å²) in [6.45, 7) is 6.01. The molecule has 0 aromatic carbocycles. The number of hydrogen-bond acceptors (Lipinski definition) is 1.